The van der Waals surface area contributed by atoms with Crippen LogP contribution >= 0.6 is 0 Å². The second kappa shape index (κ2) is 8.77. The Morgan fingerprint density at radius 2 is 1.70 bits per heavy atom. The molecule has 2 unspecified atom stereocenters. The molecule has 3 rings (SSSR count). The molecule has 2 aromatic rings. The molecule has 2 amide bonds. The van der Waals surface area contributed by atoms with Gasteiger partial charge in [-0.15, -0.1) is 0 Å². The normalized spacial score (nSPS) is 18.5. The number of hydrogen-bond donors (Lipinski definition) is 2. The van der Waals surface area contributed by atoms with Crippen LogP contribution in [0.5, 0.6) is 0 Å². The number of para-hydroxylation sites is 1. The molecule has 0 saturated carbocycles. The van der Waals surface area contributed by atoms with Crippen LogP contribution in [0.15, 0.2) is 54.6 Å². The number of benzene rings is 2. The number of amides is 2. The highest BCUT2D eigenvalue weighted by molar-refractivity contribution is 5.95. The minimum atomic E-state index is -0.373. The van der Waals surface area contributed by atoms with E-state index in [0.29, 0.717) is 12.2 Å². The fraction of sp³-hybridized carbons (Fsp3) is 0.333. The summed E-state index contributed by atoms with van der Waals surface area (Å²) in [5, 5.41) is 5.75. The molecule has 1 saturated heterocycles. The number of piperidine rings is 1. The van der Waals surface area contributed by atoms with E-state index in [-0.39, 0.29) is 29.6 Å². The summed E-state index contributed by atoms with van der Waals surface area (Å²) in [7, 11) is 0. The van der Waals surface area contributed by atoms with E-state index >= 15 is 0 Å². The Morgan fingerprint density at radius 3 is 2.41 bits per heavy atom. The first kappa shape index (κ1) is 19.0. The molecule has 0 spiro atoms. The maximum Gasteiger partial charge on any atom is 0.241 e. The smallest absolute Gasteiger partial charge is 0.241 e. The van der Waals surface area contributed by atoms with Gasteiger partial charge < -0.3 is 10.6 Å². The number of halogens is 1. The van der Waals surface area contributed by atoms with Crippen molar-refractivity contribution in [1.29, 1.82) is 0 Å². The Kier molecular flexibility index (Phi) is 6.19. The maximum atomic E-state index is 13.0. The molecule has 1 aliphatic rings. The third-order valence-electron chi connectivity index (χ3n) is 4.90. The average Bonchev–Trinajstić information content (AvgIpc) is 2.70. The van der Waals surface area contributed by atoms with Crippen LogP contribution in [0.2, 0.25) is 0 Å². The van der Waals surface area contributed by atoms with Crippen LogP contribution in [0.3, 0.4) is 0 Å². The lowest BCUT2D eigenvalue weighted by Crippen LogP contribution is -2.49. The monoisotopic (exact) mass is 369 g/mol. The van der Waals surface area contributed by atoms with Crippen molar-refractivity contribution in [2.24, 2.45) is 5.92 Å². The second-order valence-corrected chi connectivity index (χ2v) is 6.86. The van der Waals surface area contributed by atoms with Gasteiger partial charge in [0.15, 0.2) is 0 Å². The summed E-state index contributed by atoms with van der Waals surface area (Å²) in [5.41, 5.74) is 1.34. The molecule has 0 bridgehead atoms. The van der Waals surface area contributed by atoms with E-state index in [4.69, 9.17) is 0 Å². The van der Waals surface area contributed by atoms with Crippen LogP contribution in [0.25, 0.3) is 0 Å². The van der Waals surface area contributed by atoms with E-state index in [9.17, 15) is 14.0 Å². The summed E-state index contributed by atoms with van der Waals surface area (Å²) in [6.45, 7) is 3.14. The number of nitrogens with one attached hydrogen (secondary N) is 2. The third kappa shape index (κ3) is 5.14. The average molecular weight is 369 g/mol. The fourth-order valence-corrected chi connectivity index (χ4v) is 3.28. The molecule has 5 nitrogen and oxygen atoms in total. The van der Waals surface area contributed by atoms with Gasteiger partial charge in [0.2, 0.25) is 11.8 Å². The highest BCUT2D eigenvalue weighted by Crippen LogP contribution is 2.21. The summed E-state index contributed by atoms with van der Waals surface area (Å²) < 4.78 is 13.0. The van der Waals surface area contributed by atoms with Crippen LogP contribution in [-0.4, -0.2) is 35.8 Å². The first-order valence-corrected chi connectivity index (χ1v) is 9.19. The van der Waals surface area contributed by atoms with Crippen molar-refractivity contribution in [2.45, 2.75) is 25.8 Å². The van der Waals surface area contributed by atoms with Gasteiger partial charge in [-0.25, -0.2) is 4.39 Å². The maximum absolute atomic E-state index is 13.0. The Morgan fingerprint density at radius 1 is 1.04 bits per heavy atom. The van der Waals surface area contributed by atoms with E-state index in [2.05, 4.69) is 10.6 Å². The minimum absolute atomic E-state index is 0.0166. The quantitative estimate of drug-likeness (QED) is 0.848. The molecule has 27 heavy (non-hydrogen) atoms. The van der Waals surface area contributed by atoms with Gasteiger partial charge in [-0.1, -0.05) is 18.2 Å². The Balaban J connectivity index is 1.57. The third-order valence-corrected chi connectivity index (χ3v) is 4.90. The highest BCUT2D eigenvalue weighted by atomic mass is 19.1. The lowest BCUT2D eigenvalue weighted by Gasteiger charge is -2.35. The summed E-state index contributed by atoms with van der Waals surface area (Å²) in [6, 6.07) is 14.7. The predicted molar refractivity (Wildman–Crippen MR) is 104 cm³/mol. The Labute approximate surface area is 158 Å². The van der Waals surface area contributed by atoms with Crippen molar-refractivity contribution in [3.05, 3.63) is 60.4 Å². The summed E-state index contributed by atoms with van der Waals surface area (Å²) in [5.74, 6) is -0.674. The highest BCUT2D eigenvalue weighted by Gasteiger charge is 2.30. The first-order chi connectivity index (χ1) is 13.0. The van der Waals surface area contributed by atoms with Crippen LogP contribution in [0.1, 0.15) is 19.8 Å². The second-order valence-electron chi connectivity index (χ2n) is 6.86. The lowest BCUT2D eigenvalue weighted by molar-refractivity contribution is -0.125. The van der Waals surface area contributed by atoms with E-state index in [1.54, 1.807) is 0 Å². The van der Waals surface area contributed by atoms with Crippen LogP contribution in [0.4, 0.5) is 15.8 Å². The number of hydrogen-bond acceptors (Lipinski definition) is 3. The summed E-state index contributed by atoms with van der Waals surface area (Å²) in [4.78, 5) is 27.1. The van der Waals surface area contributed by atoms with Gasteiger partial charge in [0.05, 0.1) is 12.0 Å². The van der Waals surface area contributed by atoms with Crippen LogP contribution in [-0.2, 0) is 9.59 Å². The minimum Gasteiger partial charge on any atom is -0.326 e. The fourth-order valence-electron chi connectivity index (χ4n) is 3.28. The number of carbonyl (C=O) groups is 2. The SMILES string of the molecule is CC(C(=O)Nc1ccc(F)cc1)N1CCCC(C(=O)Nc2ccccc2)C1. The molecule has 0 aromatic heterocycles. The Bertz CT molecular complexity index is 780. The molecular weight excluding hydrogens is 345 g/mol. The van der Waals surface area contributed by atoms with Gasteiger partial charge in [0, 0.05) is 17.9 Å². The molecule has 1 fully saturated rings. The van der Waals surface area contributed by atoms with Crippen molar-refractivity contribution < 1.29 is 14.0 Å². The molecule has 142 valence electrons. The van der Waals surface area contributed by atoms with E-state index in [1.807, 2.05) is 42.2 Å². The summed E-state index contributed by atoms with van der Waals surface area (Å²) >= 11 is 0. The zero-order chi connectivity index (χ0) is 19.2. The standard InChI is InChI=1S/C21H24FN3O2/c1-15(20(26)23-19-11-9-17(22)10-12-19)25-13-5-6-16(14-25)21(27)24-18-7-3-2-4-8-18/h2-4,7-12,15-16H,5-6,13-14H2,1H3,(H,23,26)(H,24,27). The van der Waals surface area contributed by atoms with Crippen molar-refractivity contribution in [1.82, 2.24) is 4.90 Å². The van der Waals surface area contributed by atoms with E-state index in [1.165, 1.54) is 24.3 Å². The molecule has 0 radical (unpaired) electrons. The molecule has 2 N–H and O–H groups in total. The van der Waals surface area contributed by atoms with Crippen molar-refractivity contribution in [3.8, 4) is 0 Å². The van der Waals surface area contributed by atoms with Gasteiger partial charge in [-0.2, -0.15) is 0 Å². The van der Waals surface area contributed by atoms with Gasteiger partial charge in [-0.3, -0.25) is 14.5 Å². The molecule has 1 heterocycles. The van der Waals surface area contributed by atoms with Crippen LogP contribution < -0.4 is 10.6 Å². The number of nitrogens with zero attached hydrogens (tertiary/aromatic N) is 1. The first-order valence-electron chi connectivity index (χ1n) is 9.19. The van der Waals surface area contributed by atoms with Gasteiger partial charge in [-0.05, 0) is 62.7 Å². The molecule has 6 heteroatoms. The Hall–Kier alpha value is -2.73. The zero-order valence-corrected chi connectivity index (χ0v) is 15.3. The van der Waals surface area contributed by atoms with Crippen molar-refractivity contribution >= 4 is 23.2 Å². The number of likely N-dealkylation sites (tertiary alicyclic amines) is 1. The predicted octanol–water partition coefficient (Wildman–Crippen LogP) is 3.50. The van der Waals surface area contributed by atoms with Gasteiger partial charge >= 0.3 is 0 Å². The number of rotatable bonds is 5. The van der Waals surface area contributed by atoms with Crippen LogP contribution in [0, 0.1) is 11.7 Å². The van der Waals surface area contributed by atoms with Gasteiger partial charge in [0.1, 0.15) is 5.82 Å². The zero-order valence-electron chi connectivity index (χ0n) is 15.3. The number of carbonyl (C=O) groups excluding carboxylic acids is 2. The lowest BCUT2D eigenvalue weighted by atomic mass is 9.95. The largest absolute Gasteiger partial charge is 0.326 e. The van der Waals surface area contributed by atoms with E-state index in [0.717, 1.165) is 25.1 Å². The molecule has 0 aliphatic carbocycles. The number of anilines is 2. The van der Waals surface area contributed by atoms with Gasteiger partial charge in [0.25, 0.3) is 0 Å². The molecular formula is C21H24FN3O2. The van der Waals surface area contributed by atoms with Crippen molar-refractivity contribution in [2.75, 3.05) is 23.7 Å². The molecule has 2 atom stereocenters. The summed E-state index contributed by atoms with van der Waals surface area (Å²) in [6.07, 6.45) is 1.67. The van der Waals surface area contributed by atoms with Crippen molar-refractivity contribution in [3.63, 3.8) is 0 Å². The molecule has 2 aromatic carbocycles. The van der Waals surface area contributed by atoms with E-state index < -0.39 is 0 Å². The molecule has 1 aliphatic heterocycles. The topological polar surface area (TPSA) is 61.4 Å².